The van der Waals surface area contributed by atoms with Gasteiger partial charge in [0.2, 0.25) is 21.8 Å². The van der Waals surface area contributed by atoms with Crippen molar-refractivity contribution in [3.63, 3.8) is 0 Å². The van der Waals surface area contributed by atoms with Crippen molar-refractivity contribution in [3.8, 4) is 5.75 Å². The maximum absolute atomic E-state index is 14.2. The summed E-state index contributed by atoms with van der Waals surface area (Å²) in [5, 5.41) is 3.63. The van der Waals surface area contributed by atoms with E-state index < -0.39 is 28.5 Å². The van der Waals surface area contributed by atoms with Crippen molar-refractivity contribution in [2.24, 2.45) is 0 Å². The highest BCUT2D eigenvalue weighted by Gasteiger charge is 2.34. The largest absolute Gasteiger partial charge is 0.497 e. The standard InChI is InChI=1S/C30H35Cl2N3O5S/c1-5-21(2)33-30(37)28(17-22-11-7-6-8-12-22)34(19-25-26(31)15-10-16-27(25)32)29(36)20-35(41(4,38)39)23-13-9-14-24(18-23)40-3/h6-16,18,21,28H,5,17,19-20H2,1-4H3,(H,33,37)/t21-,28-/m1/s1. The lowest BCUT2D eigenvalue weighted by atomic mass is 10.0. The molecule has 0 saturated heterocycles. The number of methoxy groups -OCH3 is 1. The van der Waals surface area contributed by atoms with Gasteiger partial charge in [0.25, 0.3) is 0 Å². The Labute approximate surface area is 252 Å². The zero-order valence-corrected chi connectivity index (χ0v) is 25.8. The van der Waals surface area contributed by atoms with Crippen LogP contribution in [0, 0.1) is 0 Å². The first-order chi connectivity index (χ1) is 19.4. The summed E-state index contributed by atoms with van der Waals surface area (Å²) in [6.07, 6.45) is 1.90. The molecule has 0 aliphatic carbocycles. The van der Waals surface area contributed by atoms with Crippen molar-refractivity contribution in [1.29, 1.82) is 0 Å². The summed E-state index contributed by atoms with van der Waals surface area (Å²) in [6, 6.07) is 19.6. The van der Waals surface area contributed by atoms with Gasteiger partial charge in [-0.25, -0.2) is 8.42 Å². The highest BCUT2D eigenvalue weighted by molar-refractivity contribution is 7.92. The van der Waals surface area contributed by atoms with E-state index in [-0.39, 0.29) is 30.6 Å². The van der Waals surface area contributed by atoms with Crippen LogP contribution in [0.15, 0.2) is 72.8 Å². The molecule has 0 aliphatic heterocycles. The van der Waals surface area contributed by atoms with E-state index in [4.69, 9.17) is 27.9 Å². The third-order valence-electron chi connectivity index (χ3n) is 6.68. The van der Waals surface area contributed by atoms with Gasteiger partial charge in [0.05, 0.1) is 19.1 Å². The highest BCUT2D eigenvalue weighted by atomic mass is 35.5. The van der Waals surface area contributed by atoms with Crippen molar-refractivity contribution in [3.05, 3.63) is 94.0 Å². The summed E-state index contributed by atoms with van der Waals surface area (Å²) >= 11 is 13.0. The summed E-state index contributed by atoms with van der Waals surface area (Å²) in [4.78, 5) is 29.3. The Morgan fingerprint density at radius 2 is 1.61 bits per heavy atom. The minimum atomic E-state index is -3.91. The number of sulfonamides is 1. The lowest BCUT2D eigenvalue weighted by Gasteiger charge is -2.34. The lowest BCUT2D eigenvalue weighted by Crippen LogP contribution is -2.54. The molecule has 11 heteroatoms. The average Bonchev–Trinajstić information content (AvgIpc) is 2.94. The normalized spacial score (nSPS) is 12.7. The Bertz CT molecular complexity index is 1430. The van der Waals surface area contributed by atoms with E-state index >= 15 is 0 Å². The molecular formula is C30H35Cl2N3O5S. The SMILES string of the molecule is CC[C@@H](C)NC(=O)[C@@H](Cc1ccccc1)N(Cc1c(Cl)cccc1Cl)C(=O)CN(c1cccc(OC)c1)S(C)(=O)=O. The molecule has 220 valence electrons. The first kappa shape index (κ1) is 32.2. The van der Waals surface area contributed by atoms with Crippen LogP contribution < -0.4 is 14.4 Å². The van der Waals surface area contributed by atoms with Gasteiger partial charge in [-0.3, -0.25) is 13.9 Å². The molecule has 3 rings (SSSR count). The van der Waals surface area contributed by atoms with Gasteiger partial charge in [-0.1, -0.05) is 72.6 Å². The van der Waals surface area contributed by atoms with Gasteiger partial charge in [-0.05, 0) is 43.2 Å². The van der Waals surface area contributed by atoms with Crippen molar-refractivity contribution < 1.29 is 22.7 Å². The van der Waals surface area contributed by atoms with Crippen molar-refractivity contribution in [2.45, 2.75) is 45.3 Å². The van der Waals surface area contributed by atoms with Crippen molar-refractivity contribution in [1.82, 2.24) is 10.2 Å². The Hall–Kier alpha value is -3.27. The number of nitrogens with one attached hydrogen (secondary N) is 1. The third-order valence-corrected chi connectivity index (χ3v) is 8.53. The molecule has 0 fully saturated rings. The molecule has 3 aromatic carbocycles. The van der Waals surface area contributed by atoms with E-state index in [0.29, 0.717) is 27.8 Å². The molecule has 0 aliphatic rings. The molecule has 0 spiro atoms. The molecule has 3 aromatic rings. The zero-order valence-electron chi connectivity index (χ0n) is 23.5. The van der Waals surface area contributed by atoms with Crippen molar-refractivity contribution in [2.75, 3.05) is 24.2 Å². The quantitative estimate of drug-likeness (QED) is 0.279. The smallest absolute Gasteiger partial charge is 0.244 e. The number of nitrogens with zero attached hydrogens (tertiary/aromatic N) is 2. The van der Waals surface area contributed by atoms with E-state index in [1.54, 1.807) is 36.4 Å². The molecule has 1 N–H and O–H groups in total. The molecule has 8 nitrogen and oxygen atoms in total. The Morgan fingerprint density at radius 3 is 2.20 bits per heavy atom. The number of anilines is 1. The molecule has 0 aromatic heterocycles. The van der Waals surface area contributed by atoms with E-state index in [2.05, 4.69) is 5.32 Å². The van der Waals surface area contributed by atoms with Gasteiger partial charge in [0.15, 0.2) is 0 Å². The zero-order chi connectivity index (χ0) is 30.2. The van der Waals surface area contributed by atoms with Crippen LogP contribution >= 0.6 is 23.2 Å². The number of ether oxygens (including phenoxy) is 1. The van der Waals surface area contributed by atoms with Crippen LogP contribution in [-0.4, -0.2) is 57.1 Å². The van der Waals surface area contributed by atoms with Gasteiger partial charge in [-0.2, -0.15) is 0 Å². The van der Waals surface area contributed by atoms with Crippen LogP contribution in [0.1, 0.15) is 31.4 Å². The number of rotatable bonds is 13. The number of hydrogen-bond acceptors (Lipinski definition) is 5. The minimum absolute atomic E-state index is 0.113. The summed E-state index contributed by atoms with van der Waals surface area (Å²) < 4.78 is 32.1. The Morgan fingerprint density at radius 1 is 0.976 bits per heavy atom. The molecule has 41 heavy (non-hydrogen) atoms. The van der Waals surface area contributed by atoms with E-state index in [9.17, 15) is 18.0 Å². The summed E-state index contributed by atoms with van der Waals surface area (Å²) in [5.41, 5.74) is 1.53. The second-order valence-corrected chi connectivity index (χ2v) is 12.4. The number of amides is 2. The predicted molar refractivity (Wildman–Crippen MR) is 164 cm³/mol. The van der Waals surface area contributed by atoms with Crippen LogP contribution in [0.25, 0.3) is 0 Å². The number of carbonyl (C=O) groups is 2. The van der Waals surface area contributed by atoms with Gasteiger partial charge in [0.1, 0.15) is 18.3 Å². The summed E-state index contributed by atoms with van der Waals surface area (Å²) in [5.74, 6) is -0.542. The third kappa shape index (κ3) is 8.86. The molecule has 0 unspecified atom stereocenters. The lowest BCUT2D eigenvalue weighted by molar-refractivity contribution is -0.140. The van der Waals surface area contributed by atoms with Gasteiger partial charge < -0.3 is 15.0 Å². The fourth-order valence-corrected chi connectivity index (χ4v) is 5.59. The molecule has 0 bridgehead atoms. The minimum Gasteiger partial charge on any atom is -0.497 e. The number of hydrogen-bond donors (Lipinski definition) is 1. The molecular weight excluding hydrogens is 585 g/mol. The first-order valence-electron chi connectivity index (χ1n) is 13.1. The fraction of sp³-hybridized carbons (Fsp3) is 0.333. The number of carbonyl (C=O) groups excluding carboxylic acids is 2. The van der Waals surface area contributed by atoms with Gasteiger partial charge in [0, 0.05) is 40.7 Å². The second-order valence-electron chi connectivity index (χ2n) is 9.72. The fourth-order valence-electron chi connectivity index (χ4n) is 4.23. The van der Waals surface area contributed by atoms with Crippen LogP contribution in [0.5, 0.6) is 5.75 Å². The first-order valence-corrected chi connectivity index (χ1v) is 15.7. The van der Waals surface area contributed by atoms with Crippen LogP contribution in [0.2, 0.25) is 10.0 Å². The van der Waals surface area contributed by atoms with Crippen LogP contribution in [-0.2, 0) is 32.6 Å². The predicted octanol–water partition coefficient (Wildman–Crippen LogP) is 5.32. The molecule has 0 saturated carbocycles. The highest BCUT2D eigenvalue weighted by Crippen LogP contribution is 2.28. The van der Waals surface area contributed by atoms with Crippen molar-refractivity contribution >= 4 is 50.7 Å². The van der Waals surface area contributed by atoms with E-state index in [0.717, 1.165) is 16.1 Å². The van der Waals surface area contributed by atoms with Crippen LogP contribution in [0.3, 0.4) is 0 Å². The maximum Gasteiger partial charge on any atom is 0.244 e. The molecule has 0 radical (unpaired) electrons. The summed E-state index contributed by atoms with van der Waals surface area (Å²) in [6.45, 7) is 3.15. The molecule has 0 heterocycles. The average molecular weight is 621 g/mol. The van der Waals surface area contributed by atoms with E-state index in [1.165, 1.54) is 18.1 Å². The molecule has 2 amide bonds. The Kier molecular flexibility index (Phi) is 11.5. The van der Waals surface area contributed by atoms with Gasteiger partial charge >= 0.3 is 0 Å². The Balaban J connectivity index is 2.11. The second kappa shape index (κ2) is 14.6. The monoisotopic (exact) mass is 619 g/mol. The van der Waals surface area contributed by atoms with E-state index in [1.807, 2.05) is 44.2 Å². The number of benzene rings is 3. The van der Waals surface area contributed by atoms with Gasteiger partial charge in [-0.15, -0.1) is 0 Å². The molecule has 2 atom stereocenters. The number of halogens is 2. The maximum atomic E-state index is 14.2. The topological polar surface area (TPSA) is 96.0 Å². The summed E-state index contributed by atoms with van der Waals surface area (Å²) in [7, 11) is -2.44. The van der Waals surface area contributed by atoms with Crippen LogP contribution in [0.4, 0.5) is 5.69 Å².